The number of rotatable bonds is 11. The Morgan fingerprint density at radius 2 is 1.68 bits per heavy atom. The number of benzene rings is 2. The number of hydrogen-bond acceptors (Lipinski definition) is 5. The lowest BCUT2D eigenvalue weighted by Crippen LogP contribution is -2.37. The number of nitrogens with zero attached hydrogens (tertiary/aromatic N) is 1. The van der Waals surface area contributed by atoms with Gasteiger partial charge in [0.25, 0.3) is 0 Å². The molecule has 0 aliphatic rings. The summed E-state index contributed by atoms with van der Waals surface area (Å²) in [6, 6.07) is 14.8. The van der Waals surface area contributed by atoms with Crippen LogP contribution in [0.4, 0.5) is 0 Å². The molecule has 0 fully saturated rings. The summed E-state index contributed by atoms with van der Waals surface area (Å²) in [6.45, 7) is 4.22. The molecule has 2 rings (SSSR count). The summed E-state index contributed by atoms with van der Waals surface area (Å²) < 4.78 is 5.50. The van der Waals surface area contributed by atoms with Crippen LogP contribution >= 0.6 is 0 Å². The molecule has 8 nitrogen and oxygen atoms in total. The molecule has 0 unspecified atom stereocenters. The van der Waals surface area contributed by atoms with E-state index in [1.165, 1.54) is 13.8 Å². The number of aliphatic carboxylic acids is 1. The van der Waals surface area contributed by atoms with Gasteiger partial charge in [-0.3, -0.25) is 4.79 Å². The minimum Gasteiger partial charge on any atom is -0.478 e. The van der Waals surface area contributed by atoms with Crippen LogP contribution in [-0.2, 0) is 22.6 Å². The van der Waals surface area contributed by atoms with Crippen molar-refractivity contribution in [1.29, 1.82) is 0 Å². The van der Waals surface area contributed by atoms with E-state index in [2.05, 4.69) is 10.3 Å². The van der Waals surface area contributed by atoms with Crippen LogP contribution in [0.15, 0.2) is 53.5 Å². The summed E-state index contributed by atoms with van der Waals surface area (Å²) >= 11 is 0. The number of ether oxygens (including phenoxy) is 1. The predicted molar refractivity (Wildman–Crippen MR) is 118 cm³/mol. The molecule has 2 aromatic rings. The van der Waals surface area contributed by atoms with Gasteiger partial charge in [-0.25, -0.2) is 4.79 Å². The van der Waals surface area contributed by atoms with E-state index in [1.54, 1.807) is 24.3 Å². The van der Waals surface area contributed by atoms with Gasteiger partial charge in [0.1, 0.15) is 11.6 Å². The van der Waals surface area contributed by atoms with Crippen molar-refractivity contribution in [3.63, 3.8) is 0 Å². The molecule has 0 aliphatic carbocycles. The number of amides is 1. The van der Waals surface area contributed by atoms with E-state index < -0.39 is 17.5 Å². The van der Waals surface area contributed by atoms with Crippen molar-refractivity contribution in [2.45, 2.75) is 38.8 Å². The van der Waals surface area contributed by atoms with E-state index in [1.807, 2.05) is 24.3 Å². The molecule has 0 spiro atoms. The first-order chi connectivity index (χ1) is 14.7. The van der Waals surface area contributed by atoms with Crippen molar-refractivity contribution in [3.8, 4) is 5.75 Å². The van der Waals surface area contributed by atoms with Crippen LogP contribution in [-0.4, -0.2) is 46.7 Å². The Morgan fingerprint density at radius 3 is 2.26 bits per heavy atom. The Labute approximate surface area is 181 Å². The lowest BCUT2D eigenvalue weighted by atomic mass is 10.1. The molecule has 0 saturated carbocycles. The molecule has 0 heterocycles. The Morgan fingerprint density at radius 1 is 1.06 bits per heavy atom. The largest absolute Gasteiger partial charge is 0.478 e. The highest BCUT2D eigenvalue weighted by Gasteiger charge is 2.29. The van der Waals surface area contributed by atoms with Gasteiger partial charge in [-0.05, 0) is 50.1 Å². The zero-order valence-corrected chi connectivity index (χ0v) is 17.8. The summed E-state index contributed by atoms with van der Waals surface area (Å²) in [6.07, 6.45) is 0.770. The molecule has 0 saturated heterocycles. The average molecular weight is 428 g/mol. The number of carboxylic acids is 1. The third kappa shape index (κ3) is 7.84. The zero-order valence-electron chi connectivity index (χ0n) is 17.8. The number of aliphatic imine (C=N–C) groups is 1. The molecule has 0 aromatic heterocycles. The minimum absolute atomic E-state index is 0.0429. The second-order valence-electron chi connectivity index (χ2n) is 7.55. The number of carbonyl (C=O) groups is 2. The number of carboxylic acid groups (broad SMARTS) is 1. The lowest BCUT2D eigenvalue weighted by Gasteiger charge is -2.21. The van der Waals surface area contributed by atoms with Crippen molar-refractivity contribution in [3.05, 3.63) is 65.2 Å². The Balaban J connectivity index is 1.78. The van der Waals surface area contributed by atoms with E-state index in [4.69, 9.17) is 20.7 Å². The summed E-state index contributed by atoms with van der Waals surface area (Å²) in [5.41, 5.74) is 7.38. The maximum absolute atomic E-state index is 11.4. The molecule has 5 N–H and O–H groups in total. The van der Waals surface area contributed by atoms with Crippen LogP contribution in [0.5, 0.6) is 5.75 Å². The molecule has 1 amide bonds. The number of hydrogen-bond donors (Lipinski definition) is 4. The Bertz CT molecular complexity index is 906. The molecule has 0 radical (unpaired) electrons. The summed E-state index contributed by atoms with van der Waals surface area (Å²) in [4.78, 5) is 26.3. The third-order valence-electron chi connectivity index (χ3n) is 4.55. The lowest BCUT2D eigenvalue weighted by molar-refractivity contribution is -0.152. The number of carbonyl (C=O) groups excluding carboxylic acids is 1. The number of aliphatic hydroxyl groups excluding tert-OH is 1. The first-order valence-corrected chi connectivity index (χ1v) is 10.0. The monoisotopic (exact) mass is 427 g/mol. The number of amidine groups is 1. The minimum atomic E-state index is -1.27. The van der Waals surface area contributed by atoms with Crippen LogP contribution in [0, 0.1) is 0 Å². The van der Waals surface area contributed by atoms with E-state index >= 15 is 0 Å². The van der Waals surface area contributed by atoms with E-state index in [0.29, 0.717) is 17.9 Å². The molecular formula is C23H29N3O5. The first-order valence-electron chi connectivity index (χ1n) is 10.0. The van der Waals surface area contributed by atoms with E-state index in [0.717, 1.165) is 24.1 Å². The highest BCUT2D eigenvalue weighted by molar-refractivity contribution is 6.04. The Kier molecular flexibility index (Phi) is 8.72. The van der Waals surface area contributed by atoms with Crippen LogP contribution in [0.1, 0.15) is 37.0 Å². The maximum atomic E-state index is 11.4. The molecule has 8 heteroatoms. The molecule has 2 aromatic carbocycles. The molecule has 0 atom stereocenters. The van der Waals surface area contributed by atoms with Gasteiger partial charge in [-0.15, -0.1) is 0 Å². The fourth-order valence-electron chi connectivity index (χ4n) is 2.67. The fraction of sp³-hybridized carbons (Fsp3) is 0.348. The van der Waals surface area contributed by atoms with Gasteiger partial charge in [0.15, 0.2) is 5.60 Å². The zero-order chi connectivity index (χ0) is 22.9. The standard InChI is InChI=1S/C23H29N3O5/c1-23(2,22(29)30)31-19-9-5-16(6-10-19)11-13-25-15-17-3-7-18(8-4-17)21(24)26-20(28)12-14-27/h3-10,25,27H,11-15H2,1-2H3,(H,29,30)(H2,24,26,28). The number of aliphatic hydroxyl groups is 1. The fourth-order valence-corrected chi connectivity index (χ4v) is 2.67. The molecule has 31 heavy (non-hydrogen) atoms. The Hall–Kier alpha value is -3.23. The average Bonchev–Trinajstić information content (AvgIpc) is 2.72. The summed E-state index contributed by atoms with van der Waals surface area (Å²) in [7, 11) is 0. The topological polar surface area (TPSA) is 134 Å². The molecule has 0 bridgehead atoms. The van der Waals surface area contributed by atoms with Gasteiger partial charge >= 0.3 is 5.97 Å². The highest BCUT2D eigenvalue weighted by Crippen LogP contribution is 2.19. The highest BCUT2D eigenvalue weighted by atomic mass is 16.5. The van der Waals surface area contributed by atoms with Crippen LogP contribution in [0.3, 0.4) is 0 Å². The molecular weight excluding hydrogens is 398 g/mol. The van der Waals surface area contributed by atoms with Crippen molar-refractivity contribution >= 4 is 17.7 Å². The third-order valence-corrected chi connectivity index (χ3v) is 4.55. The quantitative estimate of drug-likeness (QED) is 0.244. The summed E-state index contributed by atoms with van der Waals surface area (Å²) in [5, 5.41) is 21.2. The second kappa shape index (κ2) is 11.2. The SMILES string of the molecule is CC(C)(Oc1ccc(CCNCc2ccc(C(N)=NC(=O)CCO)cc2)cc1)C(=O)O. The molecule has 0 aliphatic heterocycles. The van der Waals surface area contributed by atoms with Crippen LogP contribution < -0.4 is 15.8 Å². The van der Waals surface area contributed by atoms with Gasteiger partial charge in [0.2, 0.25) is 5.91 Å². The smallest absolute Gasteiger partial charge is 0.347 e. The van der Waals surface area contributed by atoms with Gasteiger partial charge < -0.3 is 26.0 Å². The number of nitrogens with two attached hydrogens (primary N) is 1. The maximum Gasteiger partial charge on any atom is 0.347 e. The van der Waals surface area contributed by atoms with Crippen molar-refractivity contribution < 1.29 is 24.5 Å². The first kappa shape index (κ1) is 24.0. The van der Waals surface area contributed by atoms with Crippen LogP contribution in [0.25, 0.3) is 0 Å². The second-order valence-corrected chi connectivity index (χ2v) is 7.55. The van der Waals surface area contributed by atoms with Gasteiger partial charge in [-0.2, -0.15) is 4.99 Å². The summed E-state index contributed by atoms with van der Waals surface area (Å²) in [5.74, 6) is -0.808. The molecule has 166 valence electrons. The van der Waals surface area contributed by atoms with Crippen molar-refractivity contribution in [2.75, 3.05) is 13.2 Å². The normalized spacial score (nSPS) is 11.9. The van der Waals surface area contributed by atoms with Crippen molar-refractivity contribution in [2.24, 2.45) is 10.7 Å². The van der Waals surface area contributed by atoms with Gasteiger partial charge in [0.05, 0.1) is 13.0 Å². The van der Waals surface area contributed by atoms with Crippen LogP contribution in [0.2, 0.25) is 0 Å². The van der Waals surface area contributed by atoms with Crippen molar-refractivity contribution in [1.82, 2.24) is 5.32 Å². The van der Waals surface area contributed by atoms with Gasteiger partial charge in [-0.1, -0.05) is 36.4 Å². The number of nitrogens with one attached hydrogen (secondary N) is 1. The van der Waals surface area contributed by atoms with Gasteiger partial charge in [0, 0.05) is 12.1 Å². The van der Waals surface area contributed by atoms with E-state index in [-0.39, 0.29) is 18.9 Å². The predicted octanol–water partition coefficient (Wildman–Crippen LogP) is 1.88. The van der Waals surface area contributed by atoms with E-state index in [9.17, 15) is 9.59 Å².